The first-order valence-electron chi connectivity index (χ1n) is 8.82. The van der Waals surface area contributed by atoms with E-state index >= 15 is 0 Å². The minimum atomic E-state index is -1.01. The van der Waals surface area contributed by atoms with E-state index in [-0.39, 0.29) is 5.76 Å². The van der Waals surface area contributed by atoms with Crippen molar-refractivity contribution in [1.29, 1.82) is 0 Å². The van der Waals surface area contributed by atoms with Gasteiger partial charge < -0.3 is 5.11 Å². The van der Waals surface area contributed by atoms with Crippen LogP contribution in [0.1, 0.15) is 15.9 Å². The first-order chi connectivity index (χ1) is 14.1. The second kappa shape index (κ2) is 9.14. The first kappa shape index (κ1) is 19.6. The van der Waals surface area contributed by atoms with Crippen molar-refractivity contribution in [3.05, 3.63) is 108 Å². The lowest BCUT2D eigenvalue weighted by Crippen LogP contribution is -2.49. The van der Waals surface area contributed by atoms with Gasteiger partial charge in [-0.25, -0.2) is 5.01 Å². The van der Waals surface area contributed by atoms with Crippen LogP contribution in [0, 0.1) is 0 Å². The molecule has 0 fully saturated rings. The van der Waals surface area contributed by atoms with Gasteiger partial charge in [0.2, 0.25) is 5.78 Å². The second-order valence-corrected chi connectivity index (χ2v) is 6.04. The summed E-state index contributed by atoms with van der Waals surface area (Å²) in [6.45, 7) is 0. The largest absolute Gasteiger partial charge is 0.507 e. The molecule has 0 aliphatic rings. The Morgan fingerprint density at radius 2 is 1.21 bits per heavy atom. The zero-order valence-corrected chi connectivity index (χ0v) is 15.4. The van der Waals surface area contributed by atoms with Crippen LogP contribution in [0.3, 0.4) is 0 Å². The third-order valence-electron chi connectivity index (χ3n) is 4.01. The third kappa shape index (κ3) is 4.95. The van der Waals surface area contributed by atoms with Crippen molar-refractivity contribution in [3.63, 3.8) is 0 Å². The Hall–Kier alpha value is -4.19. The number of anilines is 1. The summed E-state index contributed by atoms with van der Waals surface area (Å²) in [5.41, 5.74) is 3.49. The molecule has 3 aromatic carbocycles. The van der Waals surface area contributed by atoms with Crippen LogP contribution in [0.2, 0.25) is 0 Å². The Labute approximate surface area is 167 Å². The Balaban J connectivity index is 1.86. The monoisotopic (exact) mass is 386 g/mol. The number of hydrogen-bond donors (Lipinski definition) is 2. The molecule has 6 nitrogen and oxygen atoms in total. The summed E-state index contributed by atoms with van der Waals surface area (Å²) in [6, 6.07) is 24.9. The lowest BCUT2D eigenvalue weighted by Gasteiger charge is -2.22. The van der Waals surface area contributed by atoms with Gasteiger partial charge in [-0.1, -0.05) is 66.7 Å². The molecule has 0 unspecified atom stereocenters. The third-order valence-corrected chi connectivity index (χ3v) is 4.01. The van der Waals surface area contributed by atoms with Gasteiger partial charge in [0.15, 0.2) is 0 Å². The molecule has 0 radical (unpaired) electrons. The van der Waals surface area contributed by atoms with E-state index in [1.807, 2.05) is 0 Å². The smallest absolute Gasteiger partial charge is 0.317 e. The maximum atomic E-state index is 12.8. The van der Waals surface area contributed by atoms with Crippen molar-refractivity contribution >= 4 is 29.0 Å². The van der Waals surface area contributed by atoms with Gasteiger partial charge in [0.1, 0.15) is 5.76 Å². The second-order valence-electron chi connectivity index (χ2n) is 6.04. The number of carbonyl (C=O) groups is 3. The molecule has 0 heterocycles. The van der Waals surface area contributed by atoms with Crippen LogP contribution >= 0.6 is 0 Å². The molecule has 0 aliphatic heterocycles. The maximum absolute atomic E-state index is 12.8. The molecule has 144 valence electrons. The Morgan fingerprint density at radius 3 is 1.76 bits per heavy atom. The van der Waals surface area contributed by atoms with E-state index in [0.29, 0.717) is 16.8 Å². The summed E-state index contributed by atoms with van der Waals surface area (Å²) in [5.74, 6) is -2.88. The highest BCUT2D eigenvalue weighted by atomic mass is 16.3. The lowest BCUT2D eigenvalue weighted by atomic mass is 10.1. The maximum Gasteiger partial charge on any atom is 0.317 e. The van der Waals surface area contributed by atoms with Crippen LogP contribution in [-0.2, 0) is 9.59 Å². The molecule has 6 heteroatoms. The molecular formula is C23H18N2O4. The summed E-state index contributed by atoms with van der Waals surface area (Å²) in [7, 11) is 0. The number of para-hydroxylation sites is 1. The fourth-order valence-corrected chi connectivity index (χ4v) is 2.55. The van der Waals surface area contributed by atoms with Gasteiger partial charge in [-0.3, -0.25) is 19.8 Å². The van der Waals surface area contributed by atoms with Crippen molar-refractivity contribution in [2.24, 2.45) is 0 Å². The average molecular weight is 386 g/mol. The standard InChI is InChI=1S/C23H18N2O4/c26-20(17-10-4-1-5-11-17)16-21(27)23(29)25(19-14-8-3-9-15-19)24-22(28)18-12-6-2-7-13-18/h1-16,26H,(H,24,28). The number of carbonyl (C=O) groups excluding carboxylic acids is 3. The molecule has 0 spiro atoms. The Kier molecular flexibility index (Phi) is 6.17. The number of benzene rings is 3. The van der Waals surface area contributed by atoms with Crippen molar-refractivity contribution < 1.29 is 19.5 Å². The zero-order valence-electron chi connectivity index (χ0n) is 15.4. The van der Waals surface area contributed by atoms with Crippen LogP contribution < -0.4 is 10.4 Å². The molecule has 0 aliphatic carbocycles. The summed E-state index contributed by atoms with van der Waals surface area (Å²) >= 11 is 0. The van der Waals surface area contributed by atoms with Crippen LogP contribution in [0.4, 0.5) is 5.69 Å². The van der Waals surface area contributed by atoms with Crippen molar-refractivity contribution in [2.75, 3.05) is 5.01 Å². The minimum absolute atomic E-state index is 0.308. The fourth-order valence-electron chi connectivity index (χ4n) is 2.55. The zero-order chi connectivity index (χ0) is 20.6. The van der Waals surface area contributed by atoms with Crippen LogP contribution in [0.25, 0.3) is 5.76 Å². The fraction of sp³-hybridized carbons (Fsp3) is 0. The van der Waals surface area contributed by atoms with Crippen molar-refractivity contribution in [2.45, 2.75) is 0 Å². The number of rotatable bonds is 5. The number of aliphatic hydroxyl groups excluding tert-OH is 1. The quantitative estimate of drug-likeness (QED) is 0.304. The summed E-state index contributed by atoms with van der Waals surface area (Å²) in [6.07, 6.45) is 0.836. The molecule has 0 atom stereocenters. The first-order valence-corrected chi connectivity index (χ1v) is 8.82. The SMILES string of the molecule is O=C(C=C(O)c1ccccc1)C(=O)N(NC(=O)c1ccccc1)c1ccccc1. The highest BCUT2D eigenvalue weighted by Gasteiger charge is 2.25. The summed E-state index contributed by atoms with van der Waals surface area (Å²) in [5, 5.41) is 11.0. The van der Waals surface area contributed by atoms with Gasteiger partial charge in [-0.15, -0.1) is 0 Å². The minimum Gasteiger partial charge on any atom is -0.507 e. The van der Waals surface area contributed by atoms with Crippen LogP contribution in [-0.4, -0.2) is 22.7 Å². The number of hydrogen-bond acceptors (Lipinski definition) is 4. The molecule has 0 bridgehead atoms. The van der Waals surface area contributed by atoms with E-state index in [9.17, 15) is 19.5 Å². The van der Waals surface area contributed by atoms with Gasteiger partial charge in [0.05, 0.1) is 5.69 Å². The molecule has 0 saturated carbocycles. The van der Waals surface area contributed by atoms with E-state index in [0.717, 1.165) is 11.1 Å². The number of nitrogens with zero attached hydrogens (tertiary/aromatic N) is 1. The molecule has 0 aromatic heterocycles. The van der Waals surface area contributed by atoms with Gasteiger partial charge in [0, 0.05) is 17.2 Å². The van der Waals surface area contributed by atoms with E-state index < -0.39 is 17.6 Å². The molecule has 2 N–H and O–H groups in total. The van der Waals surface area contributed by atoms with Gasteiger partial charge in [0.25, 0.3) is 5.91 Å². The molecule has 2 amide bonds. The normalized spacial score (nSPS) is 10.8. The van der Waals surface area contributed by atoms with E-state index in [2.05, 4.69) is 5.43 Å². The van der Waals surface area contributed by atoms with Crippen LogP contribution in [0.5, 0.6) is 0 Å². The molecular weight excluding hydrogens is 368 g/mol. The van der Waals surface area contributed by atoms with Gasteiger partial charge in [-0.05, 0) is 24.3 Å². The highest BCUT2D eigenvalue weighted by Crippen LogP contribution is 2.15. The molecule has 29 heavy (non-hydrogen) atoms. The topological polar surface area (TPSA) is 86.7 Å². The summed E-state index contributed by atoms with van der Waals surface area (Å²) < 4.78 is 0. The number of nitrogens with one attached hydrogen (secondary N) is 1. The van der Waals surface area contributed by atoms with Crippen molar-refractivity contribution in [3.8, 4) is 0 Å². The molecule has 3 rings (SSSR count). The van der Waals surface area contributed by atoms with Gasteiger partial charge >= 0.3 is 5.91 Å². The molecule has 0 saturated heterocycles. The number of hydrazine groups is 1. The van der Waals surface area contributed by atoms with E-state index in [1.165, 1.54) is 0 Å². The number of amides is 2. The Morgan fingerprint density at radius 1 is 0.724 bits per heavy atom. The number of ketones is 1. The van der Waals surface area contributed by atoms with Gasteiger partial charge in [-0.2, -0.15) is 0 Å². The predicted octanol–water partition coefficient (Wildman–Crippen LogP) is 3.53. The van der Waals surface area contributed by atoms with Crippen LogP contribution in [0.15, 0.2) is 97.1 Å². The molecule has 3 aromatic rings. The summed E-state index contributed by atoms with van der Waals surface area (Å²) in [4.78, 5) is 37.8. The highest BCUT2D eigenvalue weighted by molar-refractivity contribution is 6.46. The number of aliphatic hydroxyl groups is 1. The van der Waals surface area contributed by atoms with E-state index in [4.69, 9.17) is 0 Å². The van der Waals surface area contributed by atoms with Crippen molar-refractivity contribution in [1.82, 2.24) is 5.43 Å². The Bertz CT molecular complexity index is 1030. The lowest BCUT2D eigenvalue weighted by molar-refractivity contribution is -0.133. The average Bonchev–Trinajstić information content (AvgIpc) is 2.78. The van der Waals surface area contributed by atoms with E-state index in [1.54, 1.807) is 91.0 Å². The predicted molar refractivity (Wildman–Crippen MR) is 110 cm³/mol.